The standard InChI is InChI=1S/C11H22N4O2.HI/c1-9(8-17-2)14-11(12)13-7-10(16)15-5-3-4-6-15;/h9H,3-8H2,1-2H3,(H3,12,13,14);1H. The Kier molecular flexibility index (Phi) is 9.08. The minimum absolute atomic E-state index is 0. The van der Waals surface area contributed by atoms with E-state index in [0.29, 0.717) is 12.6 Å². The Morgan fingerprint density at radius 3 is 2.67 bits per heavy atom. The van der Waals surface area contributed by atoms with E-state index >= 15 is 0 Å². The highest BCUT2D eigenvalue weighted by Gasteiger charge is 2.17. The summed E-state index contributed by atoms with van der Waals surface area (Å²) in [6, 6.07) is 0.0886. The first-order valence-electron chi connectivity index (χ1n) is 5.96. The molecule has 0 aromatic rings. The molecule has 3 N–H and O–H groups in total. The number of ether oxygens (including phenoxy) is 1. The summed E-state index contributed by atoms with van der Waals surface area (Å²) in [6.07, 6.45) is 2.18. The number of hydrogen-bond acceptors (Lipinski definition) is 3. The molecular formula is C11H23IN4O2. The zero-order valence-corrected chi connectivity index (χ0v) is 13.3. The second kappa shape index (κ2) is 9.37. The lowest BCUT2D eigenvalue weighted by molar-refractivity contribution is -0.128. The Balaban J connectivity index is 0.00000289. The van der Waals surface area contributed by atoms with Crippen LogP contribution in [0, 0.1) is 0 Å². The third-order valence-corrected chi connectivity index (χ3v) is 2.65. The number of nitrogens with one attached hydrogen (secondary N) is 1. The molecule has 1 aliphatic rings. The fraction of sp³-hybridized carbons (Fsp3) is 0.818. The van der Waals surface area contributed by atoms with Crippen LogP contribution in [0.5, 0.6) is 0 Å². The second-order valence-corrected chi connectivity index (χ2v) is 4.29. The van der Waals surface area contributed by atoms with E-state index in [0.717, 1.165) is 25.9 Å². The van der Waals surface area contributed by atoms with Gasteiger partial charge in [-0.1, -0.05) is 0 Å². The lowest BCUT2D eigenvalue weighted by atomic mass is 10.4. The van der Waals surface area contributed by atoms with E-state index in [1.807, 2.05) is 11.8 Å². The van der Waals surface area contributed by atoms with Crippen LogP contribution in [-0.4, -0.2) is 56.2 Å². The van der Waals surface area contributed by atoms with Gasteiger partial charge in [0.05, 0.1) is 6.61 Å². The van der Waals surface area contributed by atoms with Crippen LogP contribution in [-0.2, 0) is 9.53 Å². The Hall–Kier alpha value is -0.570. The Morgan fingerprint density at radius 1 is 1.50 bits per heavy atom. The summed E-state index contributed by atoms with van der Waals surface area (Å²) in [4.78, 5) is 17.5. The molecule has 0 spiro atoms. The molecule has 1 amide bonds. The van der Waals surface area contributed by atoms with Gasteiger partial charge in [-0.2, -0.15) is 0 Å². The first kappa shape index (κ1) is 17.4. The summed E-state index contributed by atoms with van der Waals surface area (Å²) >= 11 is 0. The third kappa shape index (κ3) is 6.39. The van der Waals surface area contributed by atoms with Crippen molar-refractivity contribution < 1.29 is 9.53 Å². The quantitative estimate of drug-likeness (QED) is 0.411. The van der Waals surface area contributed by atoms with Crippen molar-refractivity contribution in [1.29, 1.82) is 0 Å². The maximum absolute atomic E-state index is 11.7. The van der Waals surface area contributed by atoms with Crippen LogP contribution in [0.2, 0.25) is 0 Å². The zero-order chi connectivity index (χ0) is 12.7. The van der Waals surface area contributed by atoms with Gasteiger partial charge in [-0.15, -0.1) is 24.0 Å². The van der Waals surface area contributed by atoms with E-state index in [1.54, 1.807) is 7.11 Å². The molecule has 1 fully saturated rings. The Bertz CT molecular complexity index is 280. The van der Waals surface area contributed by atoms with Crippen LogP contribution in [0.25, 0.3) is 0 Å². The smallest absolute Gasteiger partial charge is 0.244 e. The number of nitrogens with two attached hydrogens (primary N) is 1. The van der Waals surface area contributed by atoms with E-state index in [2.05, 4.69) is 10.3 Å². The number of hydrogen-bond donors (Lipinski definition) is 2. The van der Waals surface area contributed by atoms with Crippen molar-refractivity contribution in [3.05, 3.63) is 0 Å². The number of carbonyl (C=O) groups is 1. The lowest BCUT2D eigenvalue weighted by Crippen LogP contribution is -2.41. The molecule has 18 heavy (non-hydrogen) atoms. The molecule has 1 atom stereocenters. The van der Waals surface area contributed by atoms with Crippen molar-refractivity contribution in [3.63, 3.8) is 0 Å². The number of methoxy groups -OCH3 is 1. The van der Waals surface area contributed by atoms with E-state index in [-0.39, 0.29) is 42.5 Å². The Labute approximate surface area is 125 Å². The van der Waals surface area contributed by atoms with Gasteiger partial charge in [0.15, 0.2) is 5.96 Å². The van der Waals surface area contributed by atoms with Gasteiger partial charge in [0.25, 0.3) is 0 Å². The average Bonchev–Trinajstić information content (AvgIpc) is 2.79. The van der Waals surface area contributed by atoms with Gasteiger partial charge >= 0.3 is 0 Å². The minimum Gasteiger partial charge on any atom is -0.383 e. The molecule has 106 valence electrons. The van der Waals surface area contributed by atoms with Crippen molar-refractivity contribution in [1.82, 2.24) is 10.2 Å². The van der Waals surface area contributed by atoms with Crippen molar-refractivity contribution in [2.24, 2.45) is 10.7 Å². The number of likely N-dealkylation sites (tertiary alicyclic amines) is 1. The predicted octanol–water partition coefficient (Wildman–Crippen LogP) is 0.166. The molecule has 0 saturated carbocycles. The molecule has 0 aliphatic carbocycles. The molecule has 1 rings (SSSR count). The van der Waals surface area contributed by atoms with E-state index < -0.39 is 0 Å². The van der Waals surface area contributed by atoms with Gasteiger partial charge in [0.1, 0.15) is 6.54 Å². The number of halogens is 1. The molecule has 1 saturated heterocycles. The molecule has 7 heteroatoms. The van der Waals surface area contributed by atoms with Crippen LogP contribution in [0.1, 0.15) is 19.8 Å². The van der Waals surface area contributed by atoms with Gasteiger partial charge < -0.3 is 20.7 Å². The van der Waals surface area contributed by atoms with E-state index in [1.165, 1.54) is 0 Å². The van der Waals surface area contributed by atoms with Gasteiger partial charge in [0.2, 0.25) is 5.91 Å². The number of aliphatic imine (C=N–C) groups is 1. The van der Waals surface area contributed by atoms with Crippen molar-refractivity contribution in [3.8, 4) is 0 Å². The normalized spacial score (nSPS) is 17.2. The van der Waals surface area contributed by atoms with Crippen molar-refractivity contribution >= 4 is 35.8 Å². The zero-order valence-electron chi connectivity index (χ0n) is 11.0. The summed E-state index contributed by atoms with van der Waals surface area (Å²) in [5.41, 5.74) is 5.66. The molecule has 0 aromatic heterocycles. The average molecular weight is 370 g/mol. The number of carbonyl (C=O) groups excluding carboxylic acids is 1. The number of nitrogens with zero attached hydrogens (tertiary/aromatic N) is 2. The molecule has 6 nitrogen and oxygen atoms in total. The van der Waals surface area contributed by atoms with Crippen LogP contribution < -0.4 is 11.1 Å². The second-order valence-electron chi connectivity index (χ2n) is 4.29. The molecular weight excluding hydrogens is 347 g/mol. The summed E-state index contributed by atoms with van der Waals surface area (Å²) in [5.74, 6) is 0.341. The van der Waals surface area contributed by atoms with E-state index in [4.69, 9.17) is 10.5 Å². The first-order valence-corrected chi connectivity index (χ1v) is 5.96. The summed E-state index contributed by atoms with van der Waals surface area (Å²) in [5, 5.41) is 2.96. The highest BCUT2D eigenvalue weighted by atomic mass is 127. The maximum Gasteiger partial charge on any atom is 0.244 e. The van der Waals surface area contributed by atoms with Gasteiger partial charge in [-0.05, 0) is 19.8 Å². The SMILES string of the molecule is COCC(C)NC(N)=NCC(=O)N1CCCC1.I. The molecule has 1 unspecified atom stereocenters. The number of rotatable bonds is 5. The lowest BCUT2D eigenvalue weighted by Gasteiger charge is -2.15. The van der Waals surface area contributed by atoms with Crippen LogP contribution >= 0.6 is 24.0 Å². The highest BCUT2D eigenvalue weighted by molar-refractivity contribution is 14.0. The summed E-state index contributed by atoms with van der Waals surface area (Å²) < 4.78 is 4.96. The molecule has 1 aliphatic heterocycles. The van der Waals surface area contributed by atoms with Gasteiger partial charge in [-0.25, -0.2) is 4.99 Å². The van der Waals surface area contributed by atoms with Crippen molar-refractivity contribution in [2.75, 3.05) is 33.4 Å². The minimum atomic E-state index is 0. The molecule has 1 heterocycles. The predicted molar refractivity (Wildman–Crippen MR) is 82.2 cm³/mol. The van der Waals surface area contributed by atoms with Crippen LogP contribution in [0.3, 0.4) is 0 Å². The Morgan fingerprint density at radius 2 is 2.11 bits per heavy atom. The first-order chi connectivity index (χ1) is 8.13. The van der Waals surface area contributed by atoms with Crippen LogP contribution in [0.4, 0.5) is 0 Å². The van der Waals surface area contributed by atoms with Crippen LogP contribution in [0.15, 0.2) is 4.99 Å². The summed E-state index contributed by atoms with van der Waals surface area (Å²) in [7, 11) is 1.63. The molecule has 0 aromatic carbocycles. The monoisotopic (exact) mass is 370 g/mol. The maximum atomic E-state index is 11.7. The van der Waals surface area contributed by atoms with Gasteiger partial charge in [-0.3, -0.25) is 4.79 Å². The largest absolute Gasteiger partial charge is 0.383 e. The van der Waals surface area contributed by atoms with Crippen molar-refractivity contribution in [2.45, 2.75) is 25.8 Å². The van der Waals surface area contributed by atoms with Gasteiger partial charge in [0, 0.05) is 26.2 Å². The fourth-order valence-electron chi connectivity index (χ4n) is 1.81. The summed E-state index contributed by atoms with van der Waals surface area (Å²) in [6.45, 7) is 4.31. The molecule has 0 bridgehead atoms. The fourth-order valence-corrected chi connectivity index (χ4v) is 1.81. The number of guanidine groups is 1. The number of amides is 1. The molecule has 0 radical (unpaired) electrons. The highest BCUT2D eigenvalue weighted by Crippen LogP contribution is 2.07. The van der Waals surface area contributed by atoms with E-state index in [9.17, 15) is 4.79 Å². The topological polar surface area (TPSA) is 80.0 Å². The third-order valence-electron chi connectivity index (χ3n) is 2.65.